The molecule has 1 aliphatic heterocycles. The van der Waals surface area contributed by atoms with Gasteiger partial charge in [-0.1, -0.05) is 13.8 Å². The van der Waals surface area contributed by atoms with Crippen LogP contribution in [-0.4, -0.2) is 44.2 Å². The summed E-state index contributed by atoms with van der Waals surface area (Å²) in [6.45, 7) is 7.15. The van der Waals surface area contributed by atoms with E-state index in [9.17, 15) is 9.90 Å². The van der Waals surface area contributed by atoms with E-state index in [0.717, 1.165) is 23.8 Å². The fourth-order valence-electron chi connectivity index (χ4n) is 3.98. The van der Waals surface area contributed by atoms with Crippen LogP contribution in [-0.2, 0) is 6.61 Å². The SMILES string of the molecule is Cc1cc(CO)oc1C(=O)N1C[C@H](c2nc(C(C)C)n[nH]2)[C@@H](C2CC2)C1. The highest BCUT2D eigenvalue weighted by atomic mass is 16.4. The second-order valence-electron chi connectivity index (χ2n) is 7.93. The van der Waals surface area contributed by atoms with Crippen molar-refractivity contribution >= 4 is 5.91 Å². The lowest BCUT2D eigenvalue weighted by atomic mass is 9.91. The smallest absolute Gasteiger partial charge is 0.289 e. The van der Waals surface area contributed by atoms with Gasteiger partial charge in [-0.3, -0.25) is 9.89 Å². The maximum atomic E-state index is 13.0. The number of carbonyl (C=O) groups is 1. The highest BCUT2D eigenvalue weighted by Gasteiger charge is 2.46. The first-order chi connectivity index (χ1) is 12.5. The van der Waals surface area contributed by atoms with E-state index >= 15 is 0 Å². The van der Waals surface area contributed by atoms with E-state index in [1.165, 1.54) is 12.8 Å². The minimum Gasteiger partial charge on any atom is -0.453 e. The van der Waals surface area contributed by atoms with Crippen LogP contribution in [0.15, 0.2) is 10.5 Å². The van der Waals surface area contributed by atoms with E-state index in [1.54, 1.807) is 6.07 Å². The van der Waals surface area contributed by atoms with Gasteiger partial charge in [-0.25, -0.2) is 4.98 Å². The number of likely N-dealkylation sites (tertiary alicyclic amines) is 1. The van der Waals surface area contributed by atoms with Crippen LogP contribution in [0.25, 0.3) is 0 Å². The van der Waals surface area contributed by atoms with Crippen LogP contribution in [0.1, 0.15) is 72.1 Å². The largest absolute Gasteiger partial charge is 0.453 e. The molecule has 2 N–H and O–H groups in total. The maximum Gasteiger partial charge on any atom is 0.289 e. The number of furan rings is 1. The number of nitrogens with one attached hydrogen (secondary N) is 1. The minimum absolute atomic E-state index is 0.0982. The first kappa shape index (κ1) is 17.3. The topological polar surface area (TPSA) is 95.2 Å². The number of hydrogen-bond donors (Lipinski definition) is 2. The summed E-state index contributed by atoms with van der Waals surface area (Å²) in [5.74, 6) is 3.94. The third kappa shape index (κ3) is 3.05. The van der Waals surface area contributed by atoms with Crippen molar-refractivity contribution in [3.63, 3.8) is 0 Å². The molecule has 2 fully saturated rings. The summed E-state index contributed by atoms with van der Waals surface area (Å²) >= 11 is 0. The highest BCUT2D eigenvalue weighted by Crippen LogP contribution is 2.47. The van der Waals surface area contributed by atoms with E-state index in [-0.39, 0.29) is 24.3 Å². The van der Waals surface area contributed by atoms with E-state index in [2.05, 4.69) is 24.0 Å². The van der Waals surface area contributed by atoms with Crippen molar-refractivity contribution in [1.29, 1.82) is 0 Å². The molecule has 1 saturated carbocycles. The van der Waals surface area contributed by atoms with E-state index in [4.69, 9.17) is 9.40 Å². The van der Waals surface area contributed by atoms with Gasteiger partial charge in [0.1, 0.15) is 18.2 Å². The van der Waals surface area contributed by atoms with Gasteiger partial charge in [-0.2, -0.15) is 5.10 Å². The summed E-state index contributed by atoms with van der Waals surface area (Å²) in [6, 6.07) is 1.73. The first-order valence-corrected chi connectivity index (χ1v) is 9.39. The Balaban J connectivity index is 1.57. The predicted molar refractivity (Wildman–Crippen MR) is 94.7 cm³/mol. The van der Waals surface area contributed by atoms with Crippen LogP contribution >= 0.6 is 0 Å². The molecule has 0 bridgehead atoms. The van der Waals surface area contributed by atoms with E-state index < -0.39 is 0 Å². The molecule has 2 atom stereocenters. The number of aliphatic hydroxyl groups excluding tert-OH is 1. The van der Waals surface area contributed by atoms with Gasteiger partial charge in [-0.05, 0) is 37.7 Å². The second-order valence-corrected chi connectivity index (χ2v) is 7.93. The Morgan fingerprint density at radius 3 is 2.77 bits per heavy atom. The number of amides is 1. The van der Waals surface area contributed by atoms with Crippen LogP contribution in [0.5, 0.6) is 0 Å². The van der Waals surface area contributed by atoms with E-state index in [0.29, 0.717) is 29.9 Å². The molecule has 1 saturated heterocycles. The molecular weight excluding hydrogens is 332 g/mol. The molecule has 2 aromatic heterocycles. The molecule has 26 heavy (non-hydrogen) atoms. The van der Waals surface area contributed by atoms with E-state index in [1.807, 2.05) is 11.8 Å². The third-order valence-corrected chi connectivity index (χ3v) is 5.59. The standard InChI is InChI=1S/C19H26N4O3/c1-10(2)17-20-18(22-21-17)15-8-23(7-14(15)12-4-5-12)19(25)16-11(3)6-13(9-24)26-16/h6,10,12,14-15,24H,4-5,7-9H2,1-3H3,(H,20,21,22)/t14-,15+/m1/s1. The number of aliphatic hydroxyl groups is 1. The van der Waals surface area contributed by atoms with Crippen molar-refractivity contribution in [2.75, 3.05) is 13.1 Å². The van der Waals surface area contributed by atoms with Crippen molar-refractivity contribution < 1.29 is 14.3 Å². The number of rotatable bonds is 5. The molecule has 2 aliphatic rings. The van der Waals surface area contributed by atoms with Crippen molar-refractivity contribution in [2.24, 2.45) is 11.8 Å². The number of hydrogen-bond acceptors (Lipinski definition) is 5. The summed E-state index contributed by atoms with van der Waals surface area (Å²) in [5.41, 5.74) is 0.771. The zero-order valence-corrected chi connectivity index (χ0v) is 15.5. The summed E-state index contributed by atoms with van der Waals surface area (Å²) in [4.78, 5) is 19.5. The normalized spacial score (nSPS) is 23.2. The van der Waals surface area contributed by atoms with Gasteiger partial charge in [0.05, 0.1) is 0 Å². The highest BCUT2D eigenvalue weighted by molar-refractivity contribution is 5.93. The number of carbonyl (C=O) groups excluding carboxylic acids is 1. The zero-order valence-electron chi connectivity index (χ0n) is 15.5. The quantitative estimate of drug-likeness (QED) is 0.856. The fourth-order valence-corrected chi connectivity index (χ4v) is 3.98. The van der Waals surface area contributed by atoms with Gasteiger partial charge in [0, 0.05) is 30.5 Å². The lowest BCUT2D eigenvalue weighted by molar-refractivity contribution is 0.0747. The molecule has 1 amide bonds. The van der Waals surface area contributed by atoms with Crippen molar-refractivity contribution in [1.82, 2.24) is 20.1 Å². The number of aromatic amines is 1. The van der Waals surface area contributed by atoms with Gasteiger partial charge < -0.3 is 14.4 Å². The number of aryl methyl sites for hydroxylation is 1. The summed E-state index contributed by atoms with van der Waals surface area (Å²) in [6.07, 6.45) is 2.45. The fraction of sp³-hybridized carbons (Fsp3) is 0.632. The molecule has 0 unspecified atom stereocenters. The second kappa shape index (κ2) is 6.54. The van der Waals surface area contributed by atoms with Crippen LogP contribution in [0, 0.1) is 18.8 Å². The summed E-state index contributed by atoms with van der Waals surface area (Å²) < 4.78 is 5.55. The lowest BCUT2D eigenvalue weighted by Crippen LogP contribution is -2.29. The van der Waals surface area contributed by atoms with Gasteiger partial charge in [0.25, 0.3) is 5.91 Å². The molecule has 0 aromatic carbocycles. The molecule has 7 nitrogen and oxygen atoms in total. The Morgan fingerprint density at radius 1 is 1.42 bits per heavy atom. The third-order valence-electron chi connectivity index (χ3n) is 5.59. The lowest BCUT2D eigenvalue weighted by Gasteiger charge is -2.15. The van der Waals surface area contributed by atoms with Gasteiger partial charge >= 0.3 is 0 Å². The van der Waals surface area contributed by atoms with Gasteiger partial charge in [0.2, 0.25) is 0 Å². The van der Waals surface area contributed by atoms with Crippen LogP contribution in [0.2, 0.25) is 0 Å². The molecule has 3 heterocycles. The molecular formula is C19H26N4O3. The average Bonchev–Trinajstić information content (AvgIpc) is 3.05. The first-order valence-electron chi connectivity index (χ1n) is 9.39. The number of H-pyrrole nitrogens is 1. The predicted octanol–water partition coefficient (Wildman–Crippen LogP) is 2.59. The van der Waals surface area contributed by atoms with Crippen LogP contribution in [0.3, 0.4) is 0 Å². The van der Waals surface area contributed by atoms with Crippen LogP contribution in [0.4, 0.5) is 0 Å². The van der Waals surface area contributed by atoms with Crippen molar-refractivity contribution in [2.45, 2.75) is 52.1 Å². The molecule has 4 rings (SSSR count). The van der Waals surface area contributed by atoms with Gasteiger partial charge in [-0.15, -0.1) is 0 Å². The number of aromatic nitrogens is 3. The average molecular weight is 358 g/mol. The Morgan fingerprint density at radius 2 is 2.19 bits per heavy atom. The minimum atomic E-state index is -0.197. The Kier molecular flexibility index (Phi) is 4.34. The molecule has 1 aliphatic carbocycles. The zero-order chi connectivity index (χ0) is 18.4. The molecule has 2 aromatic rings. The molecule has 7 heteroatoms. The summed E-state index contributed by atoms with van der Waals surface area (Å²) in [5, 5.41) is 16.7. The summed E-state index contributed by atoms with van der Waals surface area (Å²) in [7, 11) is 0. The van der Waals surface area contributed by atoms with Crippen LogP contribution < -0.4 is 0 Å². The molecule has 0 radical (unpaired) electrons. The van der Waals surface area contributed by atoms with Crippen molar-refractivity contribution in [3.8, 4) is 0 Å². The number of nitrogens with zero attached hydrogens (tertiary/aromatic N) is 3. The Bertz CT molecular complexity index is 806. The Labute approximate surface area is 152 Å². The van der Waals surface area contributed by atoms with Crippen molar-refractivity contribution in [3.05, 3.63) is 34.8 Å². The van der Waals surface area contributed by atoms with Gasteiger partial charge in [0.15, 0.2) is 11.6 Å². The molecule has 0 spiro atoms. The molecule has 140 valence electrons. The maximum absolute atomic E-state index is 13.0. The monoisotopic (exact) mass is 358 g/mol. The Hall–Kier alpha value is -2.15.